The Kier molecular flexibility index (Phi) is 4.01. The van der Waals surface area contributed by atoms with Crippen molar-refractivity contribution < 1.29 is 14.7 Å². The Morgan fingerprint density at radius 3 is 2.80 bits per heavy atom. The van der Waals surface area contributed by atoms with Gasteiger partial charge in [0.25, 0.3) is 11.8 Å². The third-order valence-electron chi connectivity index (χ3n) is 3.65. The molecule has 0 bridgehead atoms. The number of benzene rings is 1. The summed E-state index contributed by atoms with van der Waals surface area (Å²) >= 11 is 5.91. The van der Waals surface area contributed by atoms with Gasteiger partial charge in [-0.2, -0.15) is 0 Å². The van der Waals surface area contributed by atoms with Crippen molar-refractivity contribution in [2.45, 2.75) is 25.4 Å². The number of aryl methyl sites for hydroxylation is 1. The van der Waals surface area contributed by atoms with Crippen LogP contribution in [0.3, 0.4) is 0 Å². The van der Waals surface area contributed by atoms with E-state index in [1.165, 1.54) is 4.90 Å². The Bertz CT molecular complexity index is 561. The van der Waals surface area contributed by atoms with Gasteiger partial charge in [0.1, 0.15) is 0 Å². The van der Waals surface area contributed by atoms with Gasteiger partial charge in [-0.25, -0.2) is 0 Å². The Labute approximate surface area is 122 Å². The zero-order valence-electron chi connectivity index (χ0n) is 11.2. The Morgan fingerprint density at radius 2 is 2.15 bits per heavy atom. The quantitative estimate of drug-likeness (QED) is 0.857. The molecule has 1 aromatic rings. The largest absolute Gasteiger partial charge is 0.378 e. The highest BCUT2D eigenvalue weighted by Gasteiger charge is 2.40. The molecule has 0 aromatic heterocycles. The van der Waals surface area contributed by atoms with E-state index >= 15 is 0 Å². The zero-order chi connectivity index (χ0) is 14.9. The van der Waals surface area contributed by atoms with Gasteiger partial charge in [-0.05, 0) is 37.5 Å². The lowest BCUT2D eigenvalue weighted by Gasteiger charge is -2.37. The van der Waals surface area contributed by atoms with Crippen LogP contribution in [0.25, 0.3) is 0 Å². The molecule has 0 unspecified atom stereocenters. The number of carbonyl (C=O) groups is 2. The summed E-state index contributed by atoms with van der Waals surface area (Å²) in [5.41, 5.74) is 4.85. The summed E-state index contributed by atoms with van der Waals surface area (Å²) in [6.45, 7) is 2.22. The third-order valence-corrected chi connectivity index (χ3v) is 3.88. The van der Waals surface area contributed by atoms with Crippen molar-refractivity contribution >= 4 is 23.4 Å². The van der Waals surface area contributed by atoms with Crippen LogP contribution in [0.4, 0.5) is 0 Å². The minimum absolute atomic E-state index is 0.0763. The molecule has 5 nitrogen and oxygen atoms in total. The van der Waals surface area contributed by atoms with Crippen molar-refractivity contribution in [3.63, 3.8) is 0 Å². The maximum Gasteiger partial charge on any atom is 0.254 e. The van der Waals surface area contributed by atoms with E-state index in [2.05, 4.69) is 0 Å². The second-order valence-electron chi connectivity index (χ2n) is 5.19. The van der Waals surface area contributed by atoms with Crippen LogP contribution < -0.4 is 5.73 Å². The van der Waals surface area contributed by atoms with Crippen molar-refractivity contribution in [2.24, 2.45) is 5.73 Å². The first-order valence-corrected chi connectivity index (χ1v) is 6.79. The first-order chi connectivity index (χ1) is 9.33. The van der Waals surface area contributed by atoms with Gasteiger partial charge in [-0.15, -0.1) is 0 Å². The topological polar surface area (TPSA) is 83.6 Å². The van der Waals surface area contributed by atoms with Crippen LogP contribution in [0.1, 0.15) is 28.8 Å². The number of halogens is 1. The van der Waals surface area contributed by atoms with E-state index in [0.717, 1.165) is 5.56 Å². The first kappa shape index (κ1) is 14.8. The number of aliphatic hydroxyl groups is 1. The highest BCUT2D eigenvalue weighted by atomic mass is 35.5. The number of rotatable bonds is 2. The number of amides is 2. The Morgan fingerprint density at radius 1 is 1.45 bits per heavy atom. The molecule has 3 N–H and O–H groups in total. The zero-order valence-corrected chi connectivity index (χ0v) is 12.0. The predicted octanol–water partition coefficient (Wildman–Crippen LogP) is 1.10. The van der Waals surface area contributed by atoms with E-state index in [-0.39, 0.29) is 18.9 Å². The second kappa shape index (κ2) is 5.42. The lowest BCUT2D eigenvalue weighted by molar-refractivity contribution is -0.140. The van der Waals surface area contributed by atoms with Crippen molar-refractivity contribution in [3.05, 3.63) is 34.3 Å². The van der Waals surface area contributed by atoms with Crippen molar-refractivity contribution in [1.82, 2.24) is 4.90 Å². The van der Waals surface area contributed by atoms with Gasteiger partial charge in [-0.3, -0.25) is 9.59 Å². The SMILES string of the molecule is Cc1ccc(Cl)cc1C(=O)N1CCC[C@](O)(C(N)=O)C1. The molecule has 20 heavy (non-hydrogen) atoms. The van der Waals surface area contributed by atoms with Crippen molar-refractivity contribution in [3.8, 4) is 0 Å². The first-order valence-electron chi connectivity index (χ1n) is 6.41. The van der Waals surface area contributed by atoms with Crippen LogP contribution >= 0.6 is 11.6 Å². The van der Waals surface area contributed by atoms with Crippen molar-refractivity contribution in [2.75, 3.05) is 13.1 Å². The molecule has 6 heteroatoms. The molecule has 1 heterocycles. The van der Waals surface area contributed by atoms with E-state index in [1.807, 2.05) is 6.92 Å². The molecule has 1 aliphatic heterocycles. The number of nitrogens with zero attached hydrogens (tertiary/aromatic N) is 1. The van der Waals surface area contributed by atoms with Crippen LogP contribution in [-0.2, 0) is 4.79 Å². The Balaban J connectivity index is 2.25. The smallest absolute Gasteiger partial charge is 0.254 e. The molecule has 1 fully saturated rings. The normalized spacial score (nSPS) is 22.6. The number of piperidine rings is 1. The summed E-state index contributed by atoms with van der Waals surface area (Å²) in [6, 6.07) is 5.07. The van der Waals surface area contributed by atoms with Gasteiger partial charge < -0.3 is 15.7 Å². The van der Waals surface area contributed by atoms with Gasteiger partial charge in [0.2, 0.25) is 0 Å². The van der Waals surface area contributed by atoms with Gasteiger partial charge in [0.05, 0.1) is 6.54 Å². The van der Waals surface area contributed by atoms with Crippen LogP contribution in [0, 0.1) is 6.92 Å². The molecule has 108 valence electrons. The molecule has 0 saturated carbocycles. The van der Waals surface area contributed by atoms with Gasteiger partial charge in [-0.1, -0.05) is 17.7 Å². The van der Waals surface area contributed by atoms with E-state index < -0.39 is 11.5 Å². The number of β-amino-alcohol motifs (C(OH)–C–C–N with tert-alkyl or cyclic N) is 1. The molecule has 0 spiro atoms. The molecule has 2 amide bonds. The lowest BCUT2D eigenvalue weighted by Crippen LogP contribution is -2.57. The van der Waals surface area contributed by atoms with E-state index in [4.69, 9.17) is 17.3 Å². The van der Waals surface area contributed by atoms with Crippen molar-refractivity contribution in [1.29, 1.82) is 0 Å². The van der Waals surface area contributed by atoms with E-state index in [1.54, 1.807) is 18.2 Å². The maximum absolute atomic E-state index is 12.5. The summed E-state index contributed by atoms with van der Waals surface area (Å²) < 4.78 is 0. The average Bonchev–Trinajstić information content (AvgIpc) is 2.40. The molecular weight excluding hydrogens is 280 g/mol. The average molecular weight is 297 g/mol. The molecular formula is C14H17ClN2O3. The summed E-state index contributed by atoms with van der Waals surface area (Å²) in [5.74, 6) is -1.04. The van der Waals surface area contributed by atoms with Gasteiger partial charge in [0, 0.05) is 17.1 Å². The minimum atomic E-state index is -1.64. The number of likely N-dealkylation sites (tertiary alicyclic amines) is 1. The minimum Gasteiger partial charge on any atom is -0.378 e. The van der Waals surface area contributed by atoms with E-state index in [9.17, 15) is 14.7 Å². The number of primary amides is 1. The van der Waals surface area contributed by atoms with Crippen LogP contribution in [0.2, 0.25) is 5.02 Å². The maximum atomic E-state index is 12.5. The number of nitrogens with two attached hydrogens (primary N) is 1. The molecule has 2 rings (SSSR count). The fourth-order valence-electron chi connectivity index (χ4n) is 2.41. The monoisotopic (exact) mass is 296 g/mol. The molecule has 0 radical (unpaired) electrons. The fraction of sp³-hybridized carbons (Fsp3) is 0.429. The van der Waals surface area contributed by atoms with E-state index in [0.29, 0.717) is 23.6 Å². The highest BCUT2D eigenvalue weighted by Crippen LogP contribution is 2.24. The standard InChI is InChI=1S/C14H17ClN2O3/c1-9-3-4-10(15)7-11(9)12(18)17-6-2-5-14(20,8-17)13(16)19/h3-4,7,20H,2,5-6,8H2,1H3,(H2,16,19)/t14-/m1/s1. The molecule has 1 aromatic carbocycles. The molecule has 1 saturated heterocycles. The van der Waals surface area contributed by atoms with Crippen LogP contribution in [0.5, 0.6) is 0 Å². The number of hydrogen-bond acceptors (Lipinski definition) is 3. The van der Waals surface area contributed by atoms with Gasteiger partial charge in [0.15, 0.2) is 5.60 Å². The molecule has 0 aliphatic carbocycles. The van der Waals surface area contributed by atoms with Crippen LogP contribution in [-0.4, -0.2) is 40.5 Å². The third kappa shape index (κ3) is 2.78. The van der Waals surface area contributed by atoms with Gasteiger partial charge >= 0.3 is 0 Å². The second-order valence-corrected chi connectivity index (χ2v) is 5.62. The van der Waals surface area contributed by atoms with Crippen LogP contribution in [0.15, 0.2) is 18.2 Å². The summed E-state index contributed by atoms with van der Waals surface area (Å²) in [7, 11) is 0. The Hall–Kier alpha value is -1.59. The predicted molar refractivity (Wildman–Crippen MR) is 75.5 cm³/mol. The summed E-state index contributed by atoms with van der Waals surface area (Å²) in [6.07, 6.45) is 0.811. The molecule has 1 aliphatic rings. The highest BCUT2D eigenvalue weighted by molar-refractivity contribution is 6.31. The summed E-state index contributed by atoms with van der Waals surface area (Å²) in [5, 5.41) is 10.6. The lowest BCUT2D eigenvalue weighted by atomic mass is 9.91. The number of carbonyl (C=O) groups excluding carboxylic acids is 2. The number of hydrogen-bond donors (Lipinski definition) is 2. The molecule has 1 atom stereocenters. The summed E-state index contributed by atoms with van der Waals surface area (Å²) in [4.78, 5) is 25.3. The fourth-order valence-corrected chi connectivity index (χ4v) is 2.58.